The Morgan fingerprint density at radius 2 is 2.22 bits per heavy atom. The molecule has 0 fully saturated rings. The topological polar surface area (TPSA) is 45.9 Å². The van der Waals surface area contributed by atoms with Crippen LogP contribution < -0.4 is 4.74 Å². The van der Waals surface area contributed by atoms with Gasteiger partial charge in [0.1, 0.15) is 24.1 Å². The van der Waals surface area contributed by atoms with Gasteiger partial charge in [0, 0.05) is 11.8 Å². The molecule has 0 radical (unpaired) electrons. The molecule has 0 saturated heterocycles. The minimum Gasteiger partial charge on any atom is -0.488 e. The zero-order valence-electron chi connectivity index (χ0n) is 9.85. The van der Waals surface area contributed by atoms with Crippen molar-refractivity contribution in [2.45, 2.75) is 13.5 Å². The van der Waals surface area contributed by atoms with Crippen molar-refractivity contribution in [1.82, 2.24) is 4.98 Å². The van der Waals surface area contributed by atoms with Gasteiger partial charge in [-0.15, -0.1) is 0 Å². The first-order valence-corrected chi connectivity index (χ1v) is 6.23. The summed E-state index contributed by atoms with van der Waals surface area (Å²) < 4.78 is 6.59. The number of pyridine rings is 1. The number of nitrogens with zero attached hydrogens (tertiary/aromatic N) is 2. The van der Waals surface area contributed by atoms with Gasteiger partial charge >= 0.3 is 0 Å². The number of benzene rings is 1. The molecule has 90 valence electrons. The number of aromatic nitrogens is 1. The maximum absolute atomic E-state index is 8.93. The molecule has 0 spiro atoms. The first-order chi connectivity index (χ1) is 8.70. The van der Waals surface area contributed by atoms with Crippen molar-refractivity contribution in [2.75, 3.05) is 0 Å². The SMILES string of the molecule is Cc1ccc(OCc2cccnc2C#N)c(Br)c1. The van der Waals surface area contributed by atoms with E-state index < -0.39 is 0 Å². The molecule has 3 nitrogen and oxygen atoms in total. The molecular weight excluding hydrogens is 292 g/mol. The number of nitriles is 1. The lowest BCUT2D eigenvalue weighted by atomic mass is 10.2. The van der Waals surface area contributed by atoms with Crippen molar-refractivity contribution in [1.29, 1.82) is 5.26 Å². The van der Waals surface area contributed by atoms with E-state index in [1.165, 1.54) is 0 Å². The molecule has 0 bridgehead atoms. The highest BCUT2D eigenvalue weighted by Gasteiger charge is 2.05. The van der Waals surface area contributed by atoms with Crippen LogP contribution in [0.1, 0.15) is 16.8 Å². The van der Waals surface area contributed by atoms with Crippen molar-refractivity contribution in [3.8, 4) is 11.8 Å². The minimum absolute atomic E-state index is 0.332. The van der Waals surface area contributed by atoms with Crippen LogP contribution in [0.15, 0.2) is 41.0 Å². The third-order valence-electron chi connectivity index (χ3n) is 2.47. The average Bonchev–Trinajstić information content (AvgIpc) is 2.38. The number of rotatable bonds is 3. The van der Waals surface area contributed by atoms with Crippen molar-refractivity contribution in [3.63, 3.8) is 0 Å². The zero-order chi connectivity index (χ0) is 13.0. The molecule has 1 heterocycles. The van der Waals surface area contributed by atoms with E-state index in [2.05, 4.69) is 27.0 Å². The van der Waals surface area contributed by atoms with Gasteiger partial charge in [0.05, 0.1) is 4.47 Å². The summed E-state index contributed by atoms with van der Waals surface area (Å²) in [7, 11) is 0. The summed E-state index contributed by atoms with van der Waals surface area (Å²) in [6.45, 7) is 2.35. The first kappa shape index (κ1) is 12.6. The van der Waals surface area contributed by atoms with E-state index in [-0.39, 0.29) is 0 Å². The van der Waals surface area contributed by atoms with E-state index in [9.17, 15) is 0 Å². The third-order valence-corrected chi connectivity index (χ3v) is 3.09. The Morgan fingerprint density at radius 3 is 2.94 bits per heavy atom. The Morgan fingerprint density at radius 1 is 1.39 bits per heavy atom. The van der Waals surface area contributed by atoms with Crippen molar-refractivity contribution in [2.24, 2.45) is 0 Å². The van der Waals surface area contributed by atoms with Crippen LogP contribution in [0, 0.1) is 18.3 Å². The molecule has 0 atom stereocenters. The Kier molecular flexibility index (Phi) is 3.96. The summed E-state index contributed by atoms with van der Waals surface area (Å²) in [6, 6.07) is 11.6. The fraction of sp³-hybridized carbons (Fsp3) is 0.143. The molecule has 0 aliphatic rings. The molecule has 0 amide bonds. The molecule has 2 rings (SSSR count). The average molecular weight is 303 g/mol. The van der Waals surface area contributed by atoms with Gasteiger partial charge < -0.3 is 4.74 Å². The summed E-state index contributed by atoms with van der Waals surface area (Å²) in [5.74, 6) is 0.758. The normalized spacial score (nSPS) is 9.83. The summed E-state index contributed by atoms with van der Waals surface area (Å²) >= 11 is 3.45. The second kappa shape index (κ2) is 5.65. The predicted octanol–water partition coefficient (Wildman–Crippen LogP) is 3.60. The van der Waals surface area contributed by atoms with E-state index >= 15 is 0 Å². The van der Waals surface area contributed by atoms with E-state index in [1.807, 2.05) is 31.2 Å². The zero-order valence-corrected chi connectivity index (χ0v) is 11.4. The van der Waals surface area contributed by atoms with Crippen molar-refractivity contribution >= 4 is 15.9 Å². The minimum atomic E-state index is 0.332. The highest BCUT2D eigenvalue weighted by atomic mass is 79.9. The summed E-state index contributed by atoms with van der Waals surface area (Å²) in [5.41, 5.74) is 2.35. The maximum Gasteiger partial charge on any atom is 0.147 e. The molecule has 1 aromatic carbocycles. The largest absolute Gasteiger partial charge is 0.488 e. The second-order valence-corrected chi connectivity index (χ2v) is 4.70. The van der Waals surface area contributed by atoms with Gasteiger partial charge in [-0.25, -0.2) is 4.98 Å². The lowest BCUT2D eigenvalue weighted by Crippen LogP contribution is -2.00. The number of hydrogen-bond donors (Lipinski definition) is 0. The highest BCUT2D eigenvalue weighted by Crippen LogP contribution is 2.26. The Bertz CT molecular complexity index is 605. The van der Waals surface area contributed by atoms with Gasteiger partial charge in [-0.1, -0.05) is 12.1 Å². The lowest BCUT2D eigenvalue weighted by molar-refractivity contribution is 0.303. The Hall–Kier alpha value is -1.86. The molecule has 4 heteroatoms. The number of hydrogen-bond acceptors (Lipinski definition) is 3. The molecule has 18 heavy (non-hydrogen) atoms. The van der Waals surface area contributed by atoms with Crippen LogP contribution in [0.3, 0.4) is 0 Å². The van der Waals surface area contributed by atoms with E-state index in [1.54, 1.807) is 12.3 Å². The van der Waals surface area contributed by atoms with Gasteiger partial charge in [0.15, 0.2) is 0 Å². The van der Waals surface area contributed by atoms with Crippen LogP contribution in [0.5, 0.6) is 5.75 Å². The second-order valence-electron chi connectivity index (χ2n) is 3.85. The van der Waals surface area contributed by atoms with Gasteiger partial charge in [-0.3, -0.25) is 0 Å². The fourth-order valence-electron chi connectivity index (χ4n) is 1.53. The van der Waals surface area contributed by atoms with Gasteiger partial charge in [-0.2, -0.15) is 5.26 Å². The van der Waals surface area contributed by atoms with Gasteiger partial charge in [0.2, 0.25) is 0 Å². The van der Waals surface area contributed by atoms with Crippen LogP contribution in [-0.2, 0) is 6.61 Å². The molecule has 0 N–H and O–H groups in total. The summed E-state index contributed by atoms with van der Waals surface area (Å²) in [4.78, 5) is 3.99. The molecule has 0 saturated carbocycles. The lowest BCUT2D eigenvalue weighted by Gasteiger charge is -2.09. The fourth-order valence-corrected chi connectivity index (χ4v) is 2.14. The smallest absolute Gasteiger partial charge is 0.147 e. The number of halogens is 1. The van der Waals surface area contributed by atoms with Crippen molar-refractivity contribution in [3.05, 3.63) is 57.8 Å². The first-order valence-electron chi connectivity index (χ1n) is 5.43. The van der Waals surface area contributed by atoms with E-state index in [0.29, 0.717) is 12.3 Å². The third kappa shape index (κ3) is 2.88. The highest BCUT2D eigenvalue weighted by molar-refractivity contribution is 9.10. The number of aryl methyl sites for hydroxylation is 1. The van der Waals surface area contributed by atoms with Gasteiger partial charge in [0.25, 0.3) is 0 Å². The maximum atomic E-state index is 8.93. The van der Waals surface area contributed by atoms with Crippen LogP contribution >= 0.6 is 15.9 Å². The Labute approximate surface area is 114 Å². The molecule has 0 unspecified atom stereocenters. The molecule has 1 aromatic heterocycles. The van der Waals surface area contributed by atoms with E-state index in [4.69, 9.17) is 10.00 Å². The molecular formula is C14H11BrN2O. The quantitative estimate of drug-likeness (QED) is 0.870. The van der Waals surface area contributed by atoms with Gasteiger partial charge in [-0.05, 0) is 46.6 Å². The Balaban J connectivity index is 2.14. The monoisotopic (exact) mass is 302 g/mol. The molecule has 2 aromatic rings. The standard InChI is InChI=1S/C14H11BrN2O/c1-10-4-5-14(12(15)7-10)18-9-11-3-2-6-17-13(11)8-16/h2-7H,9H2,1H3. The summed E-state index contributed by atoms with van der Waals surface area (Å²) in [5, 5.41) is 8.93. The van der Waals surface area contributed by atoms with Crippen molar-refractivity contribution < 1.29 is 4.74 Å². The number of ether oxygens (including phenoxy) is 1. The van der Waals surface area contributed by atoms with Crippen LogP contribution in [0.2, 0.25) is 0 Å². The van der Waals surface area contributed by atoms with Crippen LogP contribution in [-0.4, -0.2) is 4.98 Å². The summed E-state index contributed by atoms with van der Waals surface area (Å²) in [6.07, 6.45) is 1.60. The van der Waals surface area contributed by atoms with Crippen LogP contribution in [0.4, 0.5) is 0 Å². The van der Waals surface area contributed by atoms with Crippen LogP contribution in [0.25, 0.3) is 0 Å². The van der Waals surface area contributed by atoms with E-state index in [0.717, 1.165) is 21.3 Å². The predicted molar refractivity (Wildman–Crippen MR) is 72.2 cm³/mol. The molecule has 0 aliphatic carbocycles. The molecule has 0 aliphatic heterocycles.